The molecule has 0 atom stereocenters. The van der Waals surface area contributed by atoms with Crippen molar-refractivity contribution < 1.29 is 21.9 Å². The van der Waals surface area contributed by atoms with Gasteiger partial charge in [0.25, 0.3) is 0 Å². The highest BCUT2D eigenvalue weighted by Crippen LogP contribution is 2.32. The molecule has 0 aromatic heterocycles. The minimum absolute atomic E-state index is 0.130. The van der Waals surface area contributed by atoms with Gasteiger partial charge < -0.3 is 9.64 Å². The summed E-state index contributed by atoms with van der Waals surface area (Å²) in [5.41, 5.74) is 3.42. The lowest BCUT2D eigenvalue weighted by Crippen LogP contribution is -2.48. The number of hydrogen-bond acceptors (Lipinski definition) is 4. The lowest BCUT2D eigenvalue weighted by atomic mass is 10.0. The normalized spacial score (nSPS) is 18.9. The molecule has 0 spiro atoms. The summed E-state index contributed by atoms with van der Waals surface area (Å²) in [5, 5.41) is 0. The molecule has 28 heavy (non-hydrogen) atoms. The molecule has 2 aliphatic heterocycles. The Balaban J connectivity index is 1.51. The molecule has 1 saturated heterocycles. The third-order valence-electron chi connectivity index (χ3n) is 5.41. The third kappa shape index (κ3) is 3.52. The second kappa shape index (κ2) is 7.42. The van der Waals surface area contributed by atoms with Crippen LogP contribution in [0.2, 0.25) is 0 Å². The monoisotopic (exact) mass is 408 g/mol. The number of rotatable bonds is 3. The van der Waals surface area contributed by atoms with Crippen molar-refractivity contribution in [2.75, 3.05) is 24.7 Å². The quantitative estimate of drug-likeness (QED) is 0.781. The van der Waals surface area contributed by atoms with E-state index >= 15 is 0 Å². The van der Waals surface area contributed by atoms with Crippen LogP contribution in [0.4, 0.5) is 14.5 Å². The molecular weight excluding hydrogens is 386 g/mol. The zero-order valence-corrected chi connectivity index (χ0v) is 16.4. The molecule has 0 amide bonds. The molecule has 2 aromatic rings. The van der Waals surface area contributed by atoms with Crippen molar-refractivity contribution in [2.24, 2.45) is 0 Å². The van der Waals surface area contributed by atoms with E-state index in [2.05, 4.69) is 23.1 Å². The number of fused-ring (bicyclic) bond motifs is 1. The third-order valence-corrected chi connectivity index (χ3v) is 7.32. The SMILES string of the molecule is Cc1ccc2c(c1)COCN2C1CCN(S(=O)(=O)c2cc(F)ccc2F)CC1. The van der Waals surface area contributed by atoms with Crippen LogP contribution >= 0.6 is 0 Å². The Morgan fingerprint density at radius 3 is 2.57 bits per heavy atom. The van der Waals surface area contributed by atoms with E-state index < -0.39 is 26.6 Å². The van der Waals surface area contributed by atoms with Crippen molar-refractivity contribution in [3.63, 3.8) is 0 Å². The predicted molar refractivity (Wildman–Crippen MR) is 101 cm³/mol. The van der Waals surface area contributed by atoms with Crippen molar-refractivity contribution in [1.82, 2.24) is 4.31 Å². The van der Waals surface area contributed by atoms with Gasteiger partial charge in [-0.25, -0.2) is 17.2 Å². The van der Waals surface area contributed by atoms with Gasteiger partial charge in [0.05, 0.1) is 6.61 Å². The maximum absolute atomic E-state index is 14.0. The van der Waals surface area contributed by atoms with Crippen LogP contribution in [0.15, 0.2) is 41.3 Å². The van der Waals surface area contributed by atoms with Crippen molar-refractivity contribution >= 4 is 15.7 Å². The summed E-state index contributed by atoms with van der Waals surface area (Å²) >= 11 is 0. The molecule has 1 fully saturated rings. The predicted octanol–water partition coefficient (Wildman–Crippen LogP) is 3.42. The minimum atomic E-state index is -4.07. The Hall–Kier alpha value is -2.03. The fraction of sp³-hybridized carbons (Fsp3) is 0.400. The van der Waals surface area contributed by atoms with Gasteiger partial charge in [-0.15, -0.1) is 0 Å². The minimum Gasteiger partial charge on any atom is -0.356 e. The molecule has 150 valence electrons. The van der Waals surface area contributed by atoms with E-state index in [0.29, 0.717) is 26.2 Å². The second-order valence-corrected chi connectivity index (χ2v) is 9.20. The topological polar surface area (TPSA) is 49.9 Å². The van der Waals surface area contributed by atoms with E-state index in [-0.39, 0.29) is 19.1 Å². The summed E-state index contributed by atoms with van der Waals surface area (Å²) in [4.78, 5) is 1.57. The number of benzene rings is 2. The Bertz CT molecular complexity index is 989. The van der Waals surface area contributed by atoms with Gasteiger partial charge in [0.15, 0.2) is 0 Å². The molecule has 0 unspecified atom stereocenters. The van der Waals surface area contributed by atoms with Crippen molar-refractivity contribution in [2.45, 2.75) is 37.3 Å². The summed E-state index contributed by atoms with van der Waals surface area (Å²) < 4.78 is 59.9. The molecule has 4 rings (SSSR count). The van der Waals surface area contributed by atoms with E-state index in [0.717, 1.165) is 29.4 Å². The maximum Gasteiger partial charge on any atom is 0.246 e. The first-order valence-electron chi connectivity index (χ1n) is 9.25. The van der Waals surface area contributed by atoms with Crippen molar-refractivity contribution in [3.05, 3.63) is 59.2 Å². The number of aryl methyl sites for hydroxylation is 1. The van der Waals surface area contributed by atoms with Gasteiger partial charge in [0.2, 0.25) is 10.0 Å². The van der Waals surface area contributed by atoms with E-state index in [9.17, 15) is 17.2 Å². The van der Waals surface area contributed by atoms with Gasteiger partial charge >= 0.3 is 0 Å². The van der Waals surface area contributed by atoms with Crippen molar-refractivity contribution in [3.8, 4) is 0 Å². The molecule has 0 radical (unpaired) electrons. The fourth-order valence-corrected chi connectivity index (χ4v) is 5.49. The number of sulfonamides is 1. The molecule has 0 bridgehead atoms. The standard InChI is InChI=1S/C20H22F2N2O3S/c1-14-2-5-19-15(10-14)12-27-13-24(19)17-6-8-23(9-7-17)28(25,26)20-11-16(21)3-4-18(20)22/h2-5,10-11,17H,6-9,12-13H2,1H3. The average Bonchev–Trinajstić information content (AvgIpc) is 2.69. The van der Waals surface area contributed by atoms with Crippen LogP contribution in [0.5, 0.6) is 0 Å². The van der Waals surface area contributed by atoms with Gasteiger partial charge in [-0.2, -0.15) is 4.31 Å². The smallest absolute Gasteiger partial charge is 0.246 e. The first-order valence-corrected chi connectivity index (χ1v) is 10.7. The van der Waals surface area contributed by atoms with Gasteiger partial charge in [0, 0.05) is 30.4 Å². The van der Waals surface area contributed by atoms with Crippen LogP contribution in [-0.4, -0.2) is 38.6 Å². The lowest BCUT2D eigenvalue weighted by Gasteiger charge is -2.41. The van der Waals surface area contributed by atoms with Crippen LogP contribution in [-0.2, 0) is 21.4 Å². The van der Waals surface area contributed by atoms with Gasteiger partial charge in [-0.3, -0.25) is 0 Å². The van der Waals surface area contributed by atoms with E-state index in [1.54, 1.807) is 0 Å². The summed E-state index contributed by atoms with van der Waals surface area (Å²) in [6.07, 6.45) is 1.18. The van der Waals surface area contributed by atoms with Gasteiger partial charge in [-0.1, -0.05) is 17.7 Å². The number of halogens is 2. The Labute approximate surface area is 163 Å². The maximum atomic E-state index is 14.0. The second-order valence-electron chi connectivity index (χ2n) is 7.29. The van der Waals surface area contributed by atoms with Crippen LogP contribution in [0.1, 0.15) is 24.0 Å². The molecule has 8 heteroatoms. The highest BCUT2D eigenvalue weighted by Gasteiger charge is 2.34. The Kier molecular flexibility index (Phi) is 5.11. The number of nitrogens with zero attached hydrogens (tertiary/aromatic N) is 2. The van der Waals surface area contributed by atoms with Crippen LogP contribution in [0.25, 0.3) is 0 Å². The zero-order chi connectivity index (χ0) is 19.9. The summed E-state index contributed by atoms with van der Waals surface area (Å²) in [6.45, 7) is 3.57. The zero-order valence-electron chi connectivity index (χ0n) is 15.6. The van der Waals surface area contributed by atoms with Gasteiger partial charge in [0.1, 0.15) is 23.3 Å². The molecule has 2 aromatic carbocycles. The Morgan fingerprint density at radius 2 is 1.82 bits per heavy atom. The number of piperidine rings is 1. The van der Waals surface area contributed by atoms with E-state index in [1.165, 1.54) is 9.87 Å². The molecule has 0 saturated carbocycles. The van der Waals surface area contributed by atoms with Crippen LogP contribution < -0.4 is 4.90 Å². The average molecular weight is 408 g/mol. The van der Waals surface area contributed by atoms with E-state index in [1.807, 2.05) is 6.92 Å². The van der Waals surface area contributed by atoms with Crippen molar-refractivity contribution in [1.29, 1.82) is 0 Å². The summed E-state index contributed by atoms with van der Waals surface area (Å²) in [6, 6.07) is 8.88. The first-order chi connectivity index (χ1) is 13.4. The number of hydrogen-bond donors (Lipinski definition) is 0. The number of ether oxygens (including phenoxy) is 1. The molecule has 2 aliphatic rings. The molecule has 2 heterocycles. The lowest BCUT2D eigenvalue weighted by molar-refractivity contribution is 0.0987. The van der Waals surface area contributed by atoms with Crippen LogP contribution in [0.3, 0.4) is 0 Å². The summed E-state index contributed by atoms with van der Waals surface area (Å²) in [5.74, 6) is -1.70. The first kappa shape index (κ1) is 19.3. The highest BCUT2D eigenvalue weighted by atomic mass is 32.2. The molecular formula is C20H22F2N2O3S. The molecule has 5 nitrogen and oxygen atoms in total. The molecule has 0 N–H and O–H groups in total. The molecule has 0 aliphatic carbocycles. The summed E-state index contributed by atoms with van der Waals surface area (Å²) in [7, 11) is -4.07. The highest BCUT2D eigenvalue weighted by molar-refractivity contribution is 7.89. The van der Waals surface area contributed by atoms with E-state index in [4.69, 9.17) is 4.74 Å². The van der Waals surface area contributed by atoms with Crippen LogP contribution in [0, 0.1) is 18.6 Å². The fourth-order valence-electron chi connectivity index (χ4n) is 3.94. The Morgan fingerprint density at radius 1 is 1.07 bits per heavy atom. The number of anilines is 1. The largest absolute Gasteiger partial charge is 0.356 e. The van der Waals surface area contributed by atoms with Gasteiger partial charge in [-0.05, 0) is 44.0 Å².